The highest BCUT2D eigenvalue weighted by Crippen LogP contribution is 2.28. The third-order valence-corrected chi connectivity index (χ3v) is 5.85. The number of nitro groups is 1. The molecule has 154 valence electrons. The number of rotatable bonds is 6. The van der Waals surface area contributed by atoms with Gasteiger partial charge in [0.15, 0.2) is 5.13 Å². The summed E-state index contributed by atoms with van der Waals surface area (Å²) in [6, 6.07) is 16.3. The van der Waals surface area contributed by atoms with Crippen molar-refractivity contribution in [3.05, 3.63) is 70.1 Å². The summed E-state index contributed by atoms with van der Waals surface area (Å²) in [6.07, 6.45) is 0. The Morgan fingerprint density at radius 1 is 1.07 bits per heavy atom. The standard InChI is InChI=1S/C21H21N5O3S/c27-20(22-17-8-4-5-9-19(17)26(28)29)14-24-10-12-25(13-11-24)21-23-18(15-30-21)16-6-2-1-3-7-16/h1-9,15H,10-14H2,(H,22,27). The minimum Gasteiger partial charge on any atom is -0.346 e. The average Bonchev–Trinajstić information content (AvgIpc) is 3.25. The van der Waals surface area contributed by atoms with Gasteiger partial charge in [-0.3, -0.25) is 19.8 Å². The first kappa shape index (κ1) is 20.0. The van der Waals surface area contributed by atoms with Gasteiger partial charge in [-0.25, -0.2) is 4.98 Å². The lowest BCUT2D eigenvalue weighted by Gasteiger charge is -2.34. The van der Waals surface area contributed by atoms with E-state index in [1.54, 1.807) is 29.5 Å². The summed E-state index contributed by atoms with van der Waals surface area (Å²) in [7, 11) is 0. The molecule has 8 nitrogen and oxygen atoms in total. The Hall–Kier alpha value is -3.30. The molecule has 2 aromatic carbocycles. The number of piperazine rings is 1. The molecular weight excluding hydrogens is 402 g/mol. The van der Waals surface area contributed by atoms with E-state index in [0.717, 1.165) is 42.6 Å². The summed E-state index contributed by atoms with van der Waals surface area (Å²) in [5.41, 5.74) is 2.20. The maximum absolute atomic E-state index is 12.4. The molecule has 1 saturated heterocycles. The highest BCUT2D eigenvalue weighted by atomic mass is 32.1. The fourth-order valence-electron chi connectivity index (χ4n) is 3.38. The number of hydrogen-bond acceptors (Lipinski definition) is 7. The van der Waals surface area contributed by atoms with Crippen LogP contribution in [0.5, 0.6) is 0 Å². The third kappa shape index (κ3) is 4.64. The molecule has 0 radical (unpaired) electrons. The van der Waals surface area contributed by atoms with Crippen LogP contribution in [0.25, 0.3) is 11.3 Å². The van der Waals surface area contributed by atoms with Gasteiger partial charge in [0.1, 0.15) is 5.69 Å². The van der Waals surface area contributed by atoms with Gasteiger partial charge in [-0.1, -0.05) is 42.5 Å². The number of nitro benzene ring substituents is 1. The molecule has 1 aromatic heterocycles. The second-order valence-corrected chi connectivity index (χ2v) is 7.80. The summed E-state index contributed by atoms with van der Waals surface area (Å²) < 4.78 is 0. The number of benzene rings is 2. The molecule has 0 bridgehead atoms. The van der Waals surface area contributed by atoms with Crippen LogP contribution in [0.1, 0.15) is 0 Å². The minimum absolute atomic E-state index is 0.103. The predicted octanol–water partition coefficient (Wildman–Crippen LogP) is 3.48. The van der Waals surface area contributed by atoms with Crippen LogP contribution in [0.15, 0.2) is 60.0 Å². The fraction of sp³-hybridized carbons (Fsp3) is 0.238. The molecule has 2 heterocycles. The molecule has 1 aliphatic rings. The van der Waals surface area contributed by atoms with Crippen LogP contribution in [0.2, 0.25) is 0 Å². The number of thiazole rings is 1. The zero-order chi connectivity index (χ0) is 20.9. The molecule has 0 aliphatic carbocycles. The van der Waals surface area contributed by atoms with Gasteiger partial charge in [-0.2, -0.15) is 0 Å². The summed E-state index contributed by atoms with van der Waals surface area (Å²) >= 11 is 1.63. The van der Waals surface area contributed by atoms with Crippen molar-refractivity contribution in [1.82, 2.24) is 9.88 Å². The van der Waals surface area contributed by atoms with Crippen molar-refractivity contribution < 1.29 is 9.72 Å². The van der Waals surface area contributed by atoms with E-state index in [1.165, 1.54) is 6.07 Å². The lowest BCUT2D eigenvalue weighted by molar-refractivity contribution is -0.383. The largest absolute Gasteiger partial charge is 0.346 e. The van der Waals surface area contributed by atoms with Gasteiger partial charge in [-0.05, 0) is 6.07 Å². The molecule has 30 heavy (non-hydrogen) atoms. The quantitative estimate of drug-likeness (QED) is 0.482. The zero-order valence-corrected chi connectivity index (χ0v) is 17.0. The molecule has 1 amide bonds. The second kappa shape index (κ2) is 9.02. The number of hydrogen-bond donors (Lipinski definition) is 1. The number of aromatic nitrogens is 1. The van der Waals surface area contributed by atoms with E-state index in [9.17, 15) is 14.9 Å². The van der Waals surface area contributed by atoms with Crippen LogP contribution in [0.4, 0.5) is 16.5 Å². The predicted molar refractivity (Wildman–Crippen MR) is 118 cm³/mol. The Morgan fingerprint density at radius 3 is 2.50 bits per heavy atom. The van der Waals surface area contributed by atoms with Crippen molar-refractivity contribution in [2.75, 3.05) is 42.9 Å². The minimum atomic E-state index is -0.494. The molecule has 1 fully saturated rings. The molecule has 0 unspecified atom stereocenters. The highest BCUT2D eigenvalue weighted by Gasteiger charge is 2.22. The summed E-state index contributed by atoms with van der Waals surface area (Å²) in [4.78, 5) is 32.0. The lowest BCUT2D eigenvalue weighted by atomic mass is 10.2. The van der Waals surface area contributed by atoms with E-state index >= 15 is 0 Å². The number of anilines is 2. The van der Waals surface area contributed by atoms with Crippen molar-refractivity contribution in [3.63, 3.8) is 0 Å². The van der Waals surface area contributed by atoms with Crippen LogP contribution in [-0.4, -0.2) is 53.4 Å². The first-order valence-corrected chi connectivity index (χ1v) is 10.5. The molecular formula is C21H21N5O3S. The Balaban J connectivity index is 1.30. The van der Waals surface area contributed by atoms with Crippen LogP contribution in [0, 0.1) is 10.1 Å². The SMILES string of the molecule is O=C(CN1CCN(c2nc(-c3ccccc3)cs2)CC1)Nc1ccccc1[N+](=O)[O-]. The Kier molecular flexibility index (Phi) is 6.01. The molecule has 4 rings (SSSR count). The number of amides is 1. The molecule has 0 atom stereocenters. The van der Waals surface area contributed by atoms with E-state index in [1.807, 2.05) is 35.2 Å². The highest BCUT2D eigenvalue weighted by molar-refractivity contribution is 7.14. The topological polar surface area (TPSA) is 91.6 Å². The van der Waals surface area contributed by atoms with Crippen LogP contribution in [0.3, 0.4) is 0 Å². The molecule has 1 N–H and O–H groups in total. The van der Waals surface area contributed by atoms with Crippen molar-refractivity contribution in [3.8, 4) is 11.3 Å². The van der Waals surface area contributed by atoms with Gasteiger partial charge in [0.25, 0.3) is 5.69 Å². The Labute approximate surface area is 177 Å². The number of carbonyl (C=O) groups excluding carboxylic acids is 1. The van der Waals surface area contributed by atoms with Gasteiger partial charge in [0, 0.05) is 43.2 Å². The maximum Gasteiger partial charge on any atom is 0.292 e. The second-order valence-electron chi connectivity index (χ2n) is 6.97. The van der Waals surface area contributed by atoms with E-state index in [0.29, 0.717) is 0 Å². The number of nitrogens with one attached hydrogen (secondary N) is 1. The van der Waals surface area contributed by atoms with Crippen molar-refractivity contribution in [1.29, 1.82) is 0 Å². The third-order valence-electron chi connectivity index (χ3n) is 4.95. The number of nitrogens with zero attached hydrogens (tertiary/aromatic N) is 4. The Morgan fingerprint density at radius 2 is 1.77 bits per heavy atom. The summed E-state index contributed by atoms with van der Waals surface area (Å²) in [6.45, 7) is 3.21. The number of carbonyl (C=O) groups is 1. The molecule has 3 aromatic rings. The average molecular weight is 423 g/mol. The van der Waals surface area contributed by atoms with Crippen LogP contribution < -0.4 is 10.2 Å². The van der Waals surface area contributed by atoms with Crippen LogP contribution >= 0.6 is 11.3 Å². The van der Waals surface area contributed by atoms with E-state index < -0.39 is 4.92 Å². The molecule has 9 heteroatoms. The summed E-state index contributed by atoms with van der Waals surface area (Å²) in [5, 5.41) is 16.8. The van der Waals surface area contributed by atoms with Crippen molar-refractivity contribution in [2.24, 2.45) is 0 Å². The van der Waals surface area contributed by atoms with Gasteiger partial charge in [0.2, 0.25) is 5.91 Å². The monoisotopic (exact) mass is 423 g/mol. The van der Waals surface area contributed by atoms with E-state index in [4.69, 9.17) is 4.98 Å². The van der Waals surface area contributed by atoms with Gasteiger partial charge in [-0.15, -0.1) is 11.3 Å². The van der Waals surface area contributed by atoms with E-state index in [-0.39, 0.29) is 23.8 Å². The summed E-state index contributed by atoms with van der Waals surface area (Å²) in [5.74, 6) is -0.252. The molecule has 0 spiro atoms. The normalized spacial score (nSPS) is 14.5. The fourth-order valence-corrected chi connectivity index (χ4v) is 4.27. The maximum atomic E-state index is 12.4. The zero-order valence-electron chi connectivity index (χ0n) is 16.2. The lowest BCUT2D eigenvalue weighted by Crippen LogP contribution is -2.48. The molecule has 1 aliphatic heterocycles. The number of para-hydroxylation sites is 2. The Bertz CT molecular complexity index is 1030. The molecule has 0 saturated carbocycles. The smallest absolute Gasteiger partial charge is 0.292 e. The van der Waals surface area contributed by atoms with Gasteiger partial charge < -0.3 is 10.2 Å². The van der Waals surface area contributed by atoms with Crippen molar-refractivity contribution >= 4 is 33.8 Å². The first-order valence-electron chi connectivity index (χ1n) is 9.61. The van der Waals surface area contributed by atoms with E-state index in [2.05, 4.69) is 15.6 Å². The van der Waals surface area contributed by atoms with Gasteiger partial charge in [0.05, 0.1) is 17.2 Å². The van der Waals surface area contributed by atoms with Gasteiger partial charge >= 0.3 is 0 Å². The van der Waals surface area contributed by atoms with Crippen LogP contribution in [-0.2, 0) is 4.79 Å². The first-order chi connectivity index (χ1) is 14.6. The van der Waals surface area contributed by atoms with Crippen molar-refractivity contribution in [2.45, 2.75) is 0 Å².